The van der Waals surface area contributed by atoms with Crippen LogP contribution in [-0.4, -0.2) is 41.7 Å². The number of aromatic nitrogens is 2. The number of rotatable bonds is 5. The lowest BCUT2D eigenvalue weighted by Gasteiger charge is -2.22. The first-order valence-electron chi connectivity index (χ1n) is 9.45. The number of thiazole rings is 1. The number of hydrogen-bond acceptors (Lipinski definition) is 7. The van der Waals surface area contributed by atoms with Gasteiger partial charge < -0.3 is 18.9 Å². The van der Waals surface area contributed by atoms with Gasteiger partial charge in [0.25, 0.3) is 5.91 Å². The Labute approximate surface area is 173 Å². The quantitative estimate of drug-likeness (QED) is 0.617. The normalized spacial score (nSPS) is 16.3. The van der Waals surface area contributed by atoms with Gasteiger partial charge in [-0.3, -0.25) is 4.79 Å². The molecule has 3 heterocycles. The second-order valence-electron chi connectivity index (χ2n) is 7.03. The van der Waals surface area contributed by atoms with E-state index >= 15 is 0 Å². The summed E-state index contributed by atoms with van der Waals surface area (Å²) in [5, 5.41) is 4.75. The molecule has 0 N–H and O–H groups in total. The smallest absolute Gasteiger partial charge is 0.266 e. The van der Waals surface area contributed by atoms with Crippen molar-refractivity contribution in [3.8, 4) is 22.1 Å². The van der Waals surface area contributed by atoms with Crippen molar-refractivity contribution in [2.24, 2.45) is 0 Å². The molecule has 1 saturated heterocycles. The Bertz CT molecular complexity index is 1040. The lowest BCUT2D eigenvalue weighted by atomic mass is 10.1. The van der Waals surface area contributed by atoms with E-state index in [0.29, 0.717) is 22.9 Å². The summed E-state index contributed by atoms with van der Waals surface area (Å²) in [6.45, 7) is 4.46. The molecule has 4 rings (SSSR count). The van der Waals surface area contributed by atoms with Gasteiger partial charge in [0.15, 0.2) is 17.3 Å². The van der Waals surface area contributed by atoms with Crippen LogP contribution in [0.5, 0.6) is 11.5 Å². The second-order valence-corrected chi connectivity index (χ2v) is 8.03. The minimum Gasteiger partial charge on any atom is -0.493 e. The second kappa shape index (κ2) is 7.87. The number of likely N-dealkylation sites (tertiary alicyclic amines) is 1. The Balaban J connectivity index is 1.63. The van der Waals surface area contributed by atoms with Crippen LogP contribution in [0.4, 0.5) is 0 Å². The summed E-state index contributed by atoms with van der Waals surface area (Å²) in [6.07, 6.45) is 1.82. The van der Waals surface area contributed by atoms with Crippen molar-refractivity contribution in [3.05, 3.63) is 46.3 Å². The molecule has 1 aromatic carbocycles. The zero-order chi connectivity index (χ0) is 20.5. The van der Waals surface area contributed by atoms with Gasteiger partial charge in [-0.05, 0) is 44.9 Å². The van der Waals surface area contributed by atoms with Gasteiger partial charge in [0.1, 0.15) is 9.88 Å². The third-order valence-electron chi connectivity index (χ3n) is 5.11. The molecule has 0 aliphatic carbocycles. The van der Waals surface area contributed by atoms with Crippen LogP contribution in [0.3, 0.4) is 0 Å². The topological polar surface area (TPSA) is 77.7 Å². The number of aryl methyl sites for hydroxylation is 2. The molecule has 0 spiro atoms. The third-order valence-corrected chi connectivity index (χ3v) is 6.30. The van der Waals surface area contributed by atoms with Crippen molar-refractivity contribution in [2.75, 3.05) is 20.8 Å². The average molecular weight is 413 g/mol. The maximum absolute atomic E-state index is 13.3. The molecule has 152 valence electrons. The van der Waals surface area contributed by atoms with Crippen LogP contribution in [0.2, 0.25) is 0 Å². The van der Waals surface area contributed by atoms with Gasteiger partial charge in [-0.15, -0.1) is 11.3 Å². The van der Waals surface area contributed by atoms with Crippen molar-refractivity contribution in [3.63, 3.8) is 0 Å². The van der Waals surface area contributed by atoms with Crippen LogP contribution < -0.4 is 9.47 Å². The number of benzene rings is 1. The van der Waals surface area contributed by atoms with Crippen molar-refractivity contribution in [2.45, 2.75) is 32.7 Å². The van der Waals surface area contributed by atoms with Gasteiger partial charge in [-0.1, -0.05) is 5.16 Å². The van der Waals surface area contributed by atoms with Gasteiger partial charge in [0.05, 0.1) is 31.6 Å². The van der Waals surface area contributed by atoms with Crippen LogP contribution >= 0.6 is 11.3 Å². The summed E-state index contributed by atoms with van der Waals surface area (Å²) in [5.74, 6) is 2.02. The van der Waals surface area contributed by atoms with Crippen LogP contribution in [-0.2, 0) is 0 Å². The van der Waals surface area contributed by atoms with Crippen molar-refractivity contribution in [1.29, 1.82) is 0 Å². The van der Waals surface area contributed by atoms with Gasteiger partial charge in [-0.2, -0.15) is 0 Å². The lowest BCUT2D eigenvalue weighted by Crippen LogP contribution is -2.30. The molecule has 1 fully saturated rings. The fraction of sp³-hybridized carbons (Fsp3) is 0.381. The van der Waals surface area contributed by atoms with E-state index in [1.54, 1.807) is 14.2 Å². The predicted molar refractivity (Wildman–Crippen MR) is 110 cm³/mol. The fourth-order valence-electron chi connectivity index (χ4n) is 3.66. The largest absolute Gasteiger partial charge is 0.493 e. The van der Waals surface area contributed by atoms with E-state index in [0.717, 1.165) is 40.6 Å². The van der Waals surface area contributed by atoms with Crippen LogP contribution in [0, 0.1) is 13.8 Å². The summed E-state index contributed by atoms with van der Waals surface area (Å²) < 4.78 is 16.1. The Hall–Kier alpha value is -2.87. The van der Waals surface area contributed by atoms with E-state index in [1.807, 2.05) is 43.0 Å². The van der Waals surface area contributed by atoms with E-state index in [1.165, 1.54) is 11.3 Å². The highest BCUT2D eigenvalue weighted by Crippen LogP contribution is 2.38. The Morgan fingerprint density at radius 2 is 2.00 bits per heavy atom. The number of carbonyl (C=O) groups excluding carboxylic acids is 1. The van der Waals surface area contributed by atoms with E-state index in [9.17, 15) is 4.79 Å². The highest BCUT2D eigenvalue weighted by atomic mass is 32.1. The number of hydrogen-bond donors (Lipinski definition) is 0. The SMILES string of the molecule is COc1ccc(-c2nc(C)c(C(=O)N3CCC[C@@H]3c3cc(C)no3)s2)cc1OC. The van der Waals surface area contributed by atoms with E-state index in [2.05, 4.69) is 10.1 Å². The number of carbonyl (C=O) groups is 1. The van der Waals surface area contributed by atoms with Crippen molar-refractivity contribution in [1.82, 2.24) is 15.0 Å². The van der Waals surface area contributed by atoms with Gasteiger partial charge in [0.2, 0.25) is 0 Å². The number of nitrogens with zero attached hydrogens (tertiary/aromatic N) is 3. The molecule has 3 aromatic rings. The van der Waals surface area contributed by atoms with Gasteiger partial charge in [0, 0.05) is 18.2 Å². The summed E-state index contributed by atoms with van der Waals surface area (Å²) in [4.78, 5) is 20.5. The Morgan fingerprint density at radius 3 is 2.69 bits per heavy atom. The number of methoxy groups -OCH3 is 2. The highest BCUT2D eigenvalue weighted by Gasteiger charge is 2.34. The molecule has 1 atom stereocenters. The minimum atomic E-state index is -0.0743. The molecule has 1 aliphatic heterocycles. The molecule has 2 aromatic heterocycles. The van der Waals surface area contributed by atoms with E-state index < -0.39 is 0 Å². The first-order valence-corrected chi connectivity index (χ1v) is 10.3. The first kappa shape index (κ1) is 19.4. The first-order chi connectivity index (χ1) is 14.0. The maximum Gasteiger partial charge on any atom is 0.266 e. The molecule has 1 amide bonds. The summed E-state index contributed by atoms with van der Waals surface area (Å²) in [6, 6.07) is 7.47. The lowest BCUT2D eigenvalue weighted by molar-refractivity contribution is 0.0718. The third kappa shape index (κ3) is 3.60. The van der Waals surface area contributed by atoms with Crippen molar-refractivity contribution < 1.29 is 18.8 Å². The zero-order valence-corrected chi connectivity index (χ0v) is 17.7. The van der Waals surface area contributed by atoms with E-state index in [4.69, 9.17) is 14.0 Å². The molecule has 0 unspecified atom stereocenters. The van der Waals surface area contributed by atoms with Gasteiger partial charge in [-0.25, -0.2) is 4.98 Å². The van der Waals surface area contributed by atoms with Crippen LogP contribution in [0.1, 0.15) is 45.7 Å². The average Bonchev–Trinajstić information content (AvgIpc) is 3.46. The number of ether oxygens (including phenoxy) is 2. The standard InChI is InChI=1S/C21H23N3O4S/c1-12-10-17(28-23-12)15-6-5-9-24(15)21(25)19-13(2)22-20(29-19)14-7-8-16(26-3)18(11-14)27-4/h7-8,10-11,15H,5-6,9H2,1-4H3/t15-/m1/s1. The molecule has 0 radical (unpaired) electrons. The molecule has 0 bridgehead atoms. The molecule has 29 heavy (non-hydrogen) atoms. The molecule has 8 heteroatoms. The summed E-state index contributed by atoms with van der Waals surface area (Å²) in [7, 11) is 3.20. The Morgan fingerprint density at radius 1 is 1.21 bits per heavy atom. The number of amides is 1. The minimum absolute atomic E-state index is 0.0109. The molecular formula is C21H23N3O4S. The van der Waals surface area contributed by atoms with E-state index in [-0.39, 0.29) is 11.9 Å². The monoisotopic (exact) mass is 413 g/mol. The molecule has 1 aliphatic rings. The molecular weight excluding hydrogens is 390 g/mol. The van der Waals surface area contributed by atoms with Crippen LogP contribution in [0.15, 0.2) is 28.8 Å². The zero-order valence-electron chi connectivity index (χ0n) is 16.9. The predicted octanol–water partition coefficient (Wildman–Crippen LogP) is 4.41. The van der Waals surface area contributed by atoms with Crippen LogP contribution in [0.25, 0.3) is 10.6 Å². The molecule has 7 nitrogen and oxygen atoms in total. The highest BCUT2D eigenvalue weighted by molar-refractivity contribution is 7.17. The fourth-order valence-corrected chi connectivity index (χ4v) is 4.68. The maximum atomic E-state index is 13.3. The Kier molecular flexibility index (Phi) is 5.27. The van der Waals surface area contributed by atoms with Crippen molar-refractivity contribution >= 4 is 17.2 Å². The summed E-state index contributed by atoms with van der Waals surface area (Å²) in [5.41, 5.74) is 2.44. The molecule has 0 saturated carbocycles. The van der Waals surface area contributed by atoms with Gasteiger partial charge >= 0.3 is 0 Å². The summed E-state index contributed by atoms with van der Waals surface area (Å²) >= 11 is 1.40.